The van der Waals surface area contributed by atoms with Gasteiger partial charge in [0.25, 0.3) is 0 Å². The molecular weight excluding hydrogens is 278 g/mol. The van der Waals surface area contributed by atoms with Crippen LogP contribution in [0, 0.1) is 0 Å². The number of hydrogen-bond donors (Lipinski definition) is 1. The average molecular weight is 297 g/mol. The van der Waals surface area contributed by atoms with E-state index in [1.165, 1.54) is 0 Å². The molecule has 20 heavy (non-hydrogen) atoms. The SMILES string of the molecule is COCCNC(=O)Cc1ccc2c(c1)CCCS2(=O)=O. The molecule has 6 heteroatoms. The van der Waals surface area contributed by atoms with Crippen molar-refractivity contribution in [1.29, 1.82) is 0 Å². The molecule has 0 unspecified atom stereocenters. The van der Waals surface area contributed by atoms with Gasteiger partial charge in [0.05, 0.1) is 23.7 Å². The van der Waals surface area contributed by atoms with Crippen molar-refractivity contribution in [3.63, 3.8) is 0 Å². The number of nitrogens with one attached hydrogen (secondary N) is 1. The third-order valence-electron chi connectivity index (χ3n) is 3.31. The maximum atomic E-state index is 11.9. The number of amides is 1. The Labute approximate surface area is 119 Å². The summed E-state index contributed by atoms with van der Waals surface area (Å²) in [5.74, 6) is 0.136. The molecular formula is C14H19NO4S. The lowest BCUT2D eigenvalue weighted by Crippen LogP contribution is -2.28. The molecule has 0 bridgehead atoms. The Balaban J connectivity index is 2.06. The highest BCUT2D eigenvalue weighted by Crippen LogP contribution is 2.25. The number of ether oxygens (including phenoxy) is 1. The largest absolute Gasteiger partial charge is 0.383 e. The van der Waals surface area contributed by atoms with Crippen molar-refractivity contribution in [3.05, 3.63) is 29.3 Å². The van der Waals surface area contributed by atoms with E-state index in [-0.39, 0.29) is 18.1 Å². The number of sulfone groups is 1. The number of methoxy groups -OCH3 is 1. The first-order valence-corrected chi connectivity index (χ1v) is 8.28. The van der Waals surface area contributed by atoms with Gasteiger partial charge in [0, 0.05) is 13.7 Å². The van der Waals surface area contributed by atoms with Gasteiger partial charge < -0.3 is 10.1 Å². The van der Waals surface area contributed by atoms with Gasteiger partial charge in [-0.2, -0.15) is 0 Å². The molecule has 0 aromatic heterocycles. The van der Waals surface area contributed by atoms with Crippen molar-refractivity contribution >= 4 is 15.7 Å². The first kappa shape index (κ1) is 15.0. The minimum atomic E-state index is -3.12. The predicted octanol–water partition coefficient (Wildman–Crippen LogP) is 0.712. The molecule has 0 saturated heterocycles. The van der Waals surface area contributed by atoms with Crippen LogP contribution in [0.3, 0.4) is 0 Å². The van der Waals surface area contributed by atoms with E-state index in [4.69, 9.17) is 4.74 Å². The van der Waals surface area contributed by atoms with Crippen molar-refractivity contribution in [1.82, 2.24) is 5.32 Å². The molecule has 0 aliphatic carbocycles. The molecule has 1 aliphatic heterocycles. The standard InChI is InChI=1S/C14H19NO4S/c1-19-7-6-15-14(16)10-11-4-5-13-12(9-11)3-2-8-20(13,17)18/h4-5,9H,2-3,6-8,10H2,1H3,(H,15,16). The number of aryl methyl sites for hydroxylation is 1. The third kappa shape index (κ3) is 3.58. The monoisotopic (exact) mass is 297 g/mol. The second kappa shape index (κ2) is 6.37. The highest BCUT2D eigenvalue weighted by molar-refractivity contribution is 7.91. The van der Waals surface area contributed by atoms with Gasteiger partial charge in [0.1, 0.15) is 0 Å². The summed E-state index contributed by atoms with van der Waals surface area (Å²) < 4.78 is 28.6. The minimum Gasteiger partial charge on any atom is -0.383 e. The van der Waals surface area contributed by atoms with Crippen LogP contribution in [0.25, 0.3) is 0 Å². The molecule has 1 aromatic carbocycles. The minimum absolute atomic E-state index is 0.0827. The van der Waals surface area contributed by atoms with Crippen molar-refractivity contribution in [3.8, 4) is 0 Å². The molecule has 0 saturated carbocycles. The molecule has 0 spiro atoms. The normalized spacial score (nSPS) is 16.4. The van der Waals surface area contributed by atoms with E-state index in [0.29, 0.717) is 24.5 Å². The fraction of sp³-hybridized carbons (Fsp3) is 0.500. The topological polar surface area (TPSA) is 72.5 Å². The second-order valence-electron chi connectivity index (χ2n) is 4.88. The van der Waals surface area contributed by atoms with Gasteiger partial charge in [-0.3, -0.25) is 4.79 Å². The number of benzene rings is 1. The van der Waals surface area contributed by atoms with Crippen LogP contribution in [0.4, 0.5) is 0 Å². The summed E-state index contributed by atoms with van der Waals surface area (Å²) in [5.41, 5.74) is 1.68. The van der Waals surface area contributed by atoms with Crippen LogP contribution >= 0.6 is 0 Å². The Morgan fingerprint density at radius 3 is 2.95 bits per heavy atom. The van der Waals surface area contributed by atoms with Crippen LogP contribution in [0.5, 0.6) is 0 Å². The second-order valence-corrected chi connectivity index (χ2v) is 6.96. The zero-order chi connectivity index (χ0) is 14.6. The summed E-state index contributed by atoms with van der Waals surface area (Å²) in [4.78, 5) is 12.1. The number of rotatable bonds is 5. The number of fused-ring (bicyclic) bond motifs is 1. The van der Waals surface area contributed by atoms with Gasteiger partial charge in [-0.15, -0.1) is 0 Å². The Morgan fingerprint density at radius 1 is 1.40 bits per heavy atom. The lowest BCUT2D eigenvalue weighted by Gasteiger charge is -2.17. The van der Waals surface area contributed by atoms with Crippen LogP contribution in [0.2, 0.25) is 0 Å². The summed E-state index contributed by atoms with van der Waals surface area (Å²) in [6.45, 7) is 0.961. The van der Waals surface area contributed by atoms with Gasteiger partial charge in [0.15, 0.2) is 9.84 Å². The van der Waals surface area contributed by atoms with Gasteiger partial charge in [-0.1, -0.05) is 12.1 Å². The molecule has 0 radical (unpaired) electrons. The highest BCUT2D eigenvalue weighted by Gasteiger charge is 2.23. The van der Waals surface area contributed by atoms with Crippen LogP contribution in [-0.2, 0) is 32.2 Å². The molecule has 1 aliphatic rings. The fourth-order valence-corrected chi connectivity index (χ4v) is 3.92. The summed E-state index contributed by atoms with van der Waals surface area (Å²) in [6, 6.07) is 5.18. The Morgan fingerprint density at radius 2 is 2.20 bits per heavy atom. The maximum Gasteiger partial charge on any atom is 0.224 e. The Kier molecular flexibility index (Phi) is 4.77. The molecule has 1 heterocycles. The lowest BCUT2D eigenvalue weighted by molar-refractivity contribution is -0.120. The van der Waals surface area contributed by atoms with E-state index in [0.717, 1.165) is 17.5 Å². The molecule has 0 fully saturated rings. The molecule has 1 aromatic rings. The quantitative estimate of drug-likeness (QED) is 0.813. The third-order valence-corrected chi connectivity index (χ3v) is 5.21. The van der Waals surface area contributed by atoms with Crippen molar-refractivity contribution in [2.45, 2.75) is 24.2 Å². The van der Waals surface area contributed by atoms with Crippen molar-refractivity contribution in [2.75, 3.05) is 26.0 Å². The highest BCUT2D eigenvalue weighted by atomic mass is 32.2. The number of hydrogen-bond acceptors (Lipinski definition) is 4. The predicted molar refractivity (Wildman–Crippen MR) is 75.4 cm³/mol. The van der Waals surface area contributed by atoms with E-state index >= 15 is 0 Å². The van der Waals surface area contributed by atoms with Gasteiger partial charge in [-0.05, 0) is 30.0 Å². The first-order chi connectivity index (χ1) is 9.53. The van der Waals surface area contributed by atoms with E-state index in [9.17, 15) is 13.2 Å². The fourth-order valence-electron chi connectivity index (χ4n) is 2.34. The zero-order valence-corrected chi connectivity index (χ0v) is 12.3. The smallest absolute Gasteiger partial charge is 0.224 e. The molecule has 2 rings (SSSR count). The van der Waals surface area contributed by atoms with Crippen LogP contribution in [0.1, 0.15) is 17.5 Å². The molecule has 1 amide bonds. The van der Waals surface area contributed by atoms with Crippen LogP contribution < -0.4 is 5.32 Å². The van der Waals surface area contributed by atoms with Crippen molar-refractivity contribution in [2.24, 2.45) is 0 Å². The van der Waals surface area contributed by atoms with Crippen LogP contribution in [-0.4, -0.2) is 40.3 Å². The molecule has 0 atom stereocenters. The number of carbonyl (C=O) groups is 1. The Bertz CT molecular complexity index is 595. The van der Waals surface area contributed by atoms with E-state index in [1.807, 2.05) is 6.07 Å². The summed E-state index contributed by atoms with van der Waals surface area (Å²) in [5, 5.41) is 2.75. The molecule has 1 N–H and O–H groups in total. The number of carbonyl (C=O) groups excluding carboxylic acids is 1. The van der Waals surface area contributed by atoms with E-state index in [1.54, 1.807) is 19.2 Å². The molecule has 5 nitrogen and oxygen atoms in total. The molecule has 110 valence electrons. The average Bonchev–Trinajstić information content (AvgIpc) is 2.38. The van der Waals surface area contributed by atoms with Crippen LogP contribution in [0.15, 0.2) is 23.1 Å². The van der Waals surface area contributed by atoms with Gasteiger partial charge >= 0.3 is 0 Å². The lowest BCUT2D eigenvalue weighted by atomic mass is 10.0. The maximum absolute atomic E-state index is 11.9. The summed E-state index contributed by atoms with van der Waals surface area (Å²) >= 11 is 0. The zero-order valence-electron chi connectivity index (χ0n) is 11.5. The summed E-state index contributed by atoms with van der Waals surface area (Å²) in [7, 11) is -1.54. The Hall–Kier alpha value is -1.40. The van der Waals surface area contributed by atoms with E-state index in [2.05, 4.69) is 5.32 Å². The van der Waals surface area contributed by atoms with Crippen molar-refractivity contribution < 1.29 is 17.9 Å². The van der Waals surface area contributed by atoms with E-state index < -0.39 is 9.84 Å². The van der Waals surface area contributed by atoms with Gasteiger partial charge in [-0.25, -0.2) is 8.42 Å². The van der Waals surface area contributed by atoms with Gasteiger partial charge in [0.2, 0.25) is 5.91 Å². The summed E-state index contributed by atoms with van der Waals surface area (Å²) in [6.07, 6.45) is 1.67. The first-order valence-electron chi connectivity index (χ1n) is 6.63.